The van der Waals surface area contributed by atoms with Crippen LogP contribution in [0.5, 0.6) is 5.75 Å². The Kier molecular flexibility index (Phi) is 7.92. The van der Waals surface area contributed by atoms with Crippen LogP contribution in [-0.2, 0) is 18.1 Å². The second kappa shape index (κ2) is 11.0. The molecular weight excluding hydrogens is 510 g/mol. The van der Waals surface area contributed by atoms with E-state index in [9.17, 15) is 22.4 Å². The van der Waals surface area contributed by atoms with E-state index in [0.29, 0.717) is 22.4 Å². The van der Waals surface area contributed by atoms with Gasteiger partial charge in [0, 0.05) is 18.7 Å². The molecule has 1 heterocycles. The van der Waals surface area contributed by atoms with Crippen LogP contribution < -0.4 is 15.4 Å². The molecule has 2 aromatic carbocycles. The van der Waals surface area contributed by atoms with Crippen molar-refractivity contribution in [1.29, 1.82) is 0 Å². The summed E-state index contributed by atoms with van der Waals surface area (Å²) < 4.78 is 61.4. The number of alkyl halides is 3. The Hall–Kier alpha value is -3.33. The molecule has 4 rings (SSSR count). The van der Waals surface area contributed by atoms with Crippen molar-refractivity contribution in [3.63, 3.8) is 0 Å². The number of para-hydroxylation sites is 1. The van der Waals surface area contributed by atoms with Gasteiger partial charge in [0.1, 0.15) is 17.1 Å². The third kappa shape index (κ3) is 6.15. The first-order valence-corrected chi connectivity index (χ1v) is 12.2. The van der Waals surface area contributed by atoms with E-state index in [1.807, 2.05) is 0 Å². The number of hydrogen-bond acceptors (Lipinski definition) is 3. The Balaban J connectivity index is 1.93. The first-order valence-electron chi connectivity index (χ1n) is 11.8. The Morgan fingerprint density at radius 1 is 1.08 bits per heavy atom. The fourth-order valence-electron chi connectivity index (χ4n) is 4.77. The molecule has 1 aliphatic rings. The molecule has 1 fully saturated rings. The predicted molar refractivity (Wildman–Crippen MR) is 132 cm³/mol. The van der Waals surface area contributed by atoms with Crippen LogP contribution in [0.4, 0.5) is 22.4 Å². The molecule has 0 radical (unpaired) electrons. The number of benzene rings is 2. The fourth-order valence-corrected chi connectivity index (χ4v) is 4.88. The molecule has 196 valence electrons. The molecular formula is C27H26ClF4N3O2. The van der Waals surface area contributed by atoms with E-state index in [-0.39, 0.29) is 23.7 Å². The van der Waals surface area contributed by atoms with E-state index in [0.717, 1.165) is 37.8 Å². The third-order valence-electron chi connectivity index (χ3n) is 6.55. The lowest BCUT2D eigenvalue weighted by Gasteiger charge is -2.36. The molecule has 1 atom stereocenters. The number of aromatic nitrogens is 1. The van der Waals surface area contributed by atoms with Gasteiger partial charge in [0.05, 0.1) is 23.4 Å². The fraction of sp³-hybridized carbons (Fsp3) is 0.333. The number of urea groups is 1. The van der Waals surface area contributed by atoms with Gasteiger partial charge in [-0.3, -0.25) is 4.98 Å². The summed E-state index contributed by atoms with van der Waals surface area (Å²) in [5.74, 6) is -0.646. The summed E-state index contributed by atoms with van der Waals surface area (Å²) >= 11 is 6.05. The number of methoxy groups -OCH3 is 1. The van der Waals surface area contributed by atoms with Gasteiger partial charge in [0.25, 0.3) is 0 Å². The first kappa shape index (κ1) is 26.7. The first-order chi connectivity index (χ1) is 17.6. The molecule has 3 aromatic rings. The van der Waals surface area contributed by atoms with Crippen molar-refractivity contribution in [2.24, 2.45) is 0 Å². The number of nitrogens with zero attached hydrogens (tertiary/aromatic N) is 1. The molecule has 5 nitrogen and oxygen atoms in total. The molecule has 2 amide bonds. The van der Waals surface area contributed by atoms with Crippen molar-refractivity contribution in [3.05, 3.63) is 94.0 Å². The van der Waals surface area contributed by atoms with Gasteiger partial charge in [-0.2, -0.15) is 13.2 Å². The van der Waals surface area contributed by atoms with Gasteiger partial charge in [0.15, 0.2) is 0 Å². The van der Waals surface area contributed by atoms with Crippen LogP contribution in [0.3, 0.4) is 0 Å². The number of nitrogens with one attached hydrogen (secondary N) is 2. The molecule has 1 aliphatic carbocycles. The Morgan fingerprint density at radius 2 is 1.78 bits per heavy atom. The Bertz CT molecular complexity index is 1250. The van der Waals surface area contributed by atoms with Gasteiger partial charge in [0.2, 0.25) is 0 Å². The minimum atomic E-state index is -4.81. The van der Waals surface area contributed by atoms with Crippen LogP contribution in [0, 0.1) is 5.82 Å². The van der Waals surface area contributed by atoms with E-state index in [2.05, 4.69) is 15.6 Å². The van der Waals surface area contributed by atoms with Gasteiger partial charge in [-0.05, 0) is 60.4 Å². The number of pyridine rings is 1. The topological polar surface area (TPSA) is 63.2 Å². The molecule has 0 saturated heterocycles. The van der Waals surface area contributed by atoms with Crippen molar-refractivity contribution in [2.45, 2.75) is 49.9 Å². The SMILES string of the molecule is COc1ccccc1CC(NC(=O)NC1CCCC1)(c1cc(F)cc(C(F)(F)F)c1)c1ccc(Cl)cn1. The van der Waals surface area contributed by atoms with Gasteiger partial charge in [-0.25, -0.2) is 9.18 Å². The van der Waals surface area contributed by atoms with E-state index < -0.39 is 29.1 Å². The van der Waals surface area contributed by atoms with Crippen LogP contribution in [-0.4, -0.2) is 24.2 Å². The number of amides is 2. The van der Waals surface area contributed by atoms with Gasteiger partial charge in [-0.1, -0.05) is 42.6 Å². The van der Waals surface area contributed by atoms with Crippen molar-refractivity contribution in [1.82, 2.24) is 15.6 Å². The predicted octanol–water partition coefficient (Wildman–Crippen LogP) is 6.63. The molecule has 0 aliphatic heterocycles. The van der Waals surface area contributed by atoms with E-state index in [1.165, 1.54) is 25.4 Å². The molecule has 2 N–H and O–H groups in total. The summed E-state index contributed by atoms with van der Waals surface area (Å²) in [7, 11) is 1.46. The van der Waals surface area contributed by atoms with Crippen molar-refractivity contribution < 1.29 is 27.1 Å². The summed E-state index contributed by atoms with van der Waals surface area (Å²) in [6.45, 7) is 0. The lowest BCUT2D eigenvalue weighted by molar-refractivity contribution is -0.137. The van der Waals surface area contributed by atoms with Gasteiger partial charge < -0.3 is 15.4 Å². The van der Waals surface area contributed by atoms with Crippen LogP contribution in [0.25, 0.3) is 0 Å². The lowest BCUT2D eigenvalue weighted by atomic mass is 9.79. The minimum absolute atomic E-state index is 0.0691. The summed E-state index contributed by atoms with van der Waals surface area (Å²) in [5.41, 5.74) is -2.26. The average molecular weight is 536 g/mol. The lowest BCUT2D eigenvalue weighted by Crippen LogP contribution is -2.54. The number of carbonyl (C=O) groups is 1. The van der Waals surface area contributed by atoms with Crippen LogP contribution >= 0.6 is 11.6 Å². The highest BCUT2D eigenvalue weighted by molar-refractivity contribution is 6.30. The largest absolute Gasteiger partial charge is 0.496 e. The number of rotatable bonds is 7. The van der Waals surface area contributed by atoms with Gasteiger partial charge in [-0.15, -0.1) is 0 Å². The smallest absolute Gasteiger partial charge is 0.416 e. The second-order valence-corrected chi connectivity index (χ2v) is 9.50. The molecule has 0 spiro atoms. The normalized spacial score (nSPS) is 15.7. The highest BCUT2D eigenvalue weighted by Gasteiger charge is 2.41. The van der Waals surface area contributed by atoms with Crippen LogP contribution in [0.15, 0.2) is 60.8 Å². The molecule has 1 saturated carbocycles. The highest BCUT2D eigenvalue weighted by Crippen LogP contribution is 2.39. The average Bonchev–Trinajstić information content (AvgIpc) is 3.36. The van der Waals surface area contributed by atoms with E-state index in [1.54, 1.807) is 24.3 Å². The molecule has 0 bridgehead atoms. The number of carbonyl (C=O) groups excluding carboxylic acids is 1. The zero-order chi connectivity index (χ0) is 26.6. The second-order valence-electron chi connectivity index (χ2n) is 9.06. The van der Waals surface area contributed by atoms with Crippen LogP contribution in [0.2, 0.25) is 5.02 Å². The standard InChI is InChI=1S/C27H26ClF4N3O2/c1-37-23-9-5-2-6-17(23)15-26(24-11-10-20(28)16-33-24,35-25(36)34-22-7-3-4-8-22)18-12-19(27(30,31)32)14-21(29)13-18/h2,5-6,9-14,16,22H,3-4,7-8,15H2,1H3,(H2,34,35,36). The maximum absolute atomic E-state index is 14.7. The number of halogens is 5. The quantitative estimate of drug-likeness (QED) is 0.334. The molecule has 1 unspecified atom stereocenters. The summed E-state index contributed by atoms with van der Waals surface area (Å²) in [5, 5.41) is 6.07. The monoisotopic (exact) mass is 535 g/mol. The number of hydrogen-bond donors (Lipinski definition) is 2. The summed E-state index contributed by atoms with van der Waals surface area (Å²) in [6.07, 6.45) is -0.0379. The maximum Gasteiger partial charge on any atom is 0.416 e. The van der Waals surface area contributed by atoms with Crippen molar-refractivity contribution >= 4 is 17.6 Å². The summed E-state index contributed by atoms with van der Waals surface area (Å²) in [6, 6.07) is 11.5. The van der Waals surface area contributed by atoms with Gasteiger partial charge >= 0.3 is 12.2 Å². The highest BCUT2D eigenvalue weighted by atomic mass is 35.5. The Labute approximate surface area is 217 Å². The molecule has 10 heteroatoms. The zero-order valence-corrected chi connectivity index (χ0v) is 20.8. The summed E-state index contributed by atoms with van der Waals surface area (Å²) in [4.78, 5) is 17.7. The Morgan fingerprint density at radius 3 is 2.43 bits per heavy atom. The van der Waals surface area contributed by atoms with Crippen molar-refractivity contribution in [2.75, 3.05) is 7.11 Å². The van der Waals surface area contributed by atoms with E-state index in [4.69, 9.17) is 16.3 Å². The molecule has 1 aromatic heterocycles. The van der Waals surface area contributed by atoms with E-state index >= 15 is 0 Å². The van der Waals surface area contributed by atoms with Crippen molar-refractivity contribution in [3.8, 4) is 5.75 Å². The zero-order valence-electron chi connectivity index (χ0n) is 20.0. The maximum atomic E-state index is 14.7. The minimum Gasteiger partial charge on any atom is -0.496 e. The molecule has 37 heavy (non-hydrogen) atoms. The third-order valence-corrected chi connectivity index (χ3v) is 6.77. The van der Waals surface area contributed by atoms with Crippen LogP contribution in [0.1, 0.15) is 48.1 Å². The number of ether oxygens (including phenoxy) is 1.